The average molecular weight is 201 g/mol. The summed E-state index contributed by atoms with van der Waals surface area (Å²) < 4.78 is 0. The third-order valence-electron chi connectivity index (χ3n) is 1.39. The van der Waals surface area contributed by atoms with Gasteiger partial charge in [-0.3, -0.25) is 9.63 Å². The molecule has 0 bridgehead atoms. The smallest absolute Gasteiger partial charge is 0.245 e. The molecule has 5 nitrogen and oxygen atoms in total. The number of nitrogens with zero attached hydrogens (tertiary/aromatic N) is 1. The Balaban J connectivity index is 2.20. The zero-order chi connectivity index (χ0) is 9.68. The molecule has 0 fully saturated rings. The van der Waals surface area contributed by atoms with Gasteiger partial charge in [0.15, 0.2) is 0 Å². The second-order valence-corrected chi connectivity index (χ2v) is 3.38. The normalized spacial score (nSPS) is 10.2. The number of rotatable bonds is 5. The van der Waals surface area contributed by atoms with Gasteiger partial charge in [-0.05, 0) is 6.92 Å². The standard InChI is InChI=1S/C7H11N3O2S/c1-5-6(13-4-9-5)2-10-12-3-7(8)11/h4,10H,2-3H2,1H3,(H2,8,11). The second kappa shape index (κ2) is 4.90. The van der Waals surface area contributed by atoms with Gasteiger partial charge in [-0.1, -0.05) is 0 Å². The van der Waals surface area contributed by atoms with Gasteiger partial charge in [0.05, 0.1) is 17.7 Å². The van der Waals surface area contributed by atoms with Crippen molar-refractivity contribution in [1.29, 1.82) is 0 Å². The minimum Gasteiger partial charge on any atom is -0.368 e. The van der Waals surface area contributed by atoms with Crippen molar-refractivity contribution >= 4 is 17.2 Å². The minimum atomic E-state index is -0.492. The number of hydroxylamine groups is 1. The fourth-order valence-electron chi connectivity index (χ4n) is 0.735. The molecule has 6 heteroatoms. The summed E-state index contributed by atoms with van der Waals surface area (Å²) in [5.74, 6) is -0.492. The maximum Gasteiger partial charge on any atom is 0.245 e. The highest BCUT2D eigenvalue weighted by Crippen LogP contribution is 2.10. The molecular formula is C7H11N3O2S. The molecule has 1 rings (SSSR count). The van der Waals surface area contributed by atoms with Crippen LogP contribution in [0.1, 0.15) is 10.6 Å². The maximum atomic E-state index is 10.3. The van der Waals surface area contributed by atoms with E-state index in [4.69, 9.17) is 10.6 Å². The van der Waals surface area contributed by atoms with Gasteiger partial charge in [0.1, 0.15) is 6.61 Å². The summed E-state index contributed by atoms with van der Waals surface area (Å²) in [6.07, 6.45) is 0. The summed E-state index contributed by atoms with van der Waals surface area (Å²) in [6, 6.07) is 0. The molecule has 1 amide bonds. The van der Waals surface area contributed by atoms with Gasteiger partial charge in [-0.25, -0.2) is 4.98 Å². The Morgan fingerprint density at radius 3 is 3.15 bits per heavy atom. The number of carbonyl (C=O) groups is 1. The molecule has 0 aliphatic carbocycles. The Morgan fingerprint density at radius 1 is 1.85 bits per heavy atom. The van der Waals surface area contributed by atoms with Crippen LogP contribution in [-0.4, -0.2) is 17.5 Å². The van der Waals surface area contributed by atoms with Crippen LogP contribution in [0, 0.1) is 6.92 Å². The predicted octanol–water partition coefficient (Wildman–Crippen LogP) is -0.0420. The van der Waals surface area contributed by atoms with Crippen LogP contribution in [0.4, 0.5) is 0 Å². The Bertz CT molecular complexity index is 287. The summed E-state index contributed by atoms with van der Waals surface area (Å²) in [5, 5.41) is 0. The van der Waals surface area contributed by atoms with E-state index < -0.39 is 5.91 Å². The summed E-state index contributed by atoms with van der Waals surface area (Å²) >= 11 is 1.54. The van der Waals surface area contributed by atoms with Crippen LogP contribution in [0.5, 0.6) is 0 Å². The average Bonchev–Trinajstić information content (AvgIpc) is 2.45. The Morgan fingerprint density at radius 2 is 2.62 bits per heavy atom. The van der Waals surface area contributed by atoms with Gasteiger partial charge >= 0.3 is 0 Å². The van der Waals surface area contributed by atoms with E-state index in [0.717, 1.165) is 10.6 Å². The van der Waals surface area contributed by atoms with Crippen LogP contribution < -0.4 is 11.2 Å². The lowest BCUT2D eigenvalue weighted by molar-refractivity contribution is -0.125. The lowest BCUT2D eigenvalue weighted by Crippen LogP contribution is -2.24. The Kier molecular flexibility index (Phi) is 3.81. The zero-order valence-electron chi connectivity index (χ0n) is 7.24. The molecule has 0 atom stereocenters. The number of hydrogen-bond donors (Lipinski definition) is 2. The first-order valence-electron chi connectivity index (χ1n) is 3.72. The quantitative estimate of drug-likeness (QED) is 0.517. The lowest BCUT2D eigenvalue weighted by Gasteiger charge is -2.01. The zero-order valence-corrected chi connectivity index (χ0v) is 8.06. The Labute approximate surface area is 79.9 Å². The van der Waals surface area contributed by atoms with Crippen molar-refractivity contribution in [2.24, 2.45) is 5.73 Å². The molecule has 1 aromatic heterocycles. The topological polar surface area (TPSA) is 77.2 Å². The molecule has 13 heavy (non-hydrogen) atoms. The first-order chi connectivity index (χ1) is 6.20. The molecule has 0 unspecified atom stereocenters. The number of nitrogens with one attached hydrogen (secondary N) is 1. The van der Waals surface area contributed by atoms with E-state index in [1.807, 2.05) is 6.92 Å². The number of aromatic nitrogens is 1. The van der Waals surface area contributed by atoms with E-state index >= 15 is 0 Å². The number of primary amides is 1. The molecule has 0 radical (unpaired) electrons. The van der Waals surface area contributed by atoms with E-state index in [9.17, 15) is 4.79 Å². The van der Waals surface area contributed by atoms with Gasteiger partial charge in [0.2, 0.25) is 5.91 Å². The van der Waals surface area contributed by atoms with Crippen molar-refractivity contribution in [2.45, 2.75) is 13.5 Å². The highest BCUT2D eigenvalue weighted by atomic mass is 32.1. The van der Waals surface area contributed by atoms with E-state index in [-0.39, 0.29) is 6.61 Å². The number of hydrogen-bond acceptors (Lipinski definition) is 5. The molecule has 72 valence electrons. The summed E-state index contributed by atoms with van der Waals surface area (Å²) in [5.41, 5.74) is 10.2. The van der Waals surface area contributed by atoms with Crippen LogP contribution in [0.2, 0.25) is 0 Å². The molecule has 0 saturated heterocycles. The second-order valence-electron chi connectivity index (χ2n) is 2.44. The lowest BCUT2D eigenvalue weighted by atomic mass is 10.4. The molecule has 0 aromatic carbocycles. The van der Waals surface area contributed by atoms with Gasteiger partial charge in [-0.15, -0.1) is 11.3 Å². The van der Waals surface area contributed by atoms with Crippen molar-refractivity contribution < 1.29 is 9.63 Å². The third-order valence-corrected chi connectivity index (χ3v) is 2.33. The highest BCUT2D eigenvalue weighted by Gasteiger charge is 2.00. The fourth-order valence-corrected chi connectivity index (χ4v) is 1.44. The fraction of sp³-hybridized carbons (Fsp3) is 0.429. The Hall–Kier alpha value is -0.980. The number of thiazole rings is 1. The van der Waals surface area contributed by atoms with E-state index in [0.29, 0.717) is 6.54 Å². The van der Waals surface area contributed by atoms with Crippen molar-refractivity contribution in [3.05, 3.63) is 16.1 Å². The summed E-state index contributed by atoms with van der Waals surface area (Å²) in [6.45, 7) is 2.35. The van der Waals surface area contributed by atoms with Crippen molar-refractivity contribution in [1.82, 2.24) is 10.5 Å². The van der Waals surface area contributed by atoms with Crippen LogP contribution >= 0.6 is 11.3 Å². The first-order valence-corrected chi connectivity index (χ1v) is 4.60. The number of carbonyl (C=O) groups excluding carboxylic acids is 1. The number of nitrogens with two attached hydrogens (primary N) is 1. The van der Waals surface area contributed by atoms with Gasteiger partial charge in [-0.2, -0.15) is 5.48 Å². The van der Waals surface area contributed by atoms with Crippen LogP contribution in [0.25, 0.3) is 0 Å². The van der Waals surface area contributed by atoms with Gasteiger partial charge < -0.3 is 5.73 Å². The van der Waals surface area contributed by atoms with E-state index in [2.05, 4.69) is 10.5 Å². The molecular weight excluding hydrogens is 190 g/mol. The van der Waals surface area contributed by atoms with Crippen molar-refractivity contribution in [3.8, 4) is 0 Å². The molecule has 0 saturated carbocycles. The van der Waals surface area contributed by atoms with Gasteiger partial charge in [0, 0.05) is 4.88 Å². The minimum absolute atomic E-state index is 0.113. The van der Waals surface area contributed by atoms with Crippen molar-refractivity contribution in [3.63, 3.8) is 0 Å². The summed E-state index contributed by atoms with van der Waals surface area (Å²) in [4.78, 5) is 20.2. The van der Waals surface area contributed by atoms with E-state index in [1.165, 1.54) is 11.3 Å². The number of amides is 1. The highest BCUT2D eigenvalue weighted by molar-refractivity contribution is 7.09. The monoisotopic (exact) mass is 201 g/mol. The molecule has 3 N–H and O–H groups in total. The molecule has 1 aromatic rings. The molecule has 1 heterocycles. The molecule has 0 spiro atoms. The maximum absolute atomic E-state index is 10.3. The van der Waals surface area contributed by atoms with E-state index in [1.54, 1.807) is 5.51 Å². The SMILES string of the molecule is Cc1ncsc1CNOCC(N)=O. The first kappa shape index (κ1) is 10.1. The van der Waals surface area contributed by atoms with Gasteiger partial charge in [0.25, 0.3) is 0 Å². The van der Waals surface area contributed by atoms with Crippen molar-refractivity contribution in [2.75, 3.05) is 6.61 Å². The van der Waals surface area contributed by atoms with Crippen LogP contribution in [0.3, 0.4) is 0 Å². The molecule has 0 aliphatic heterocycles. The number of aryl methyl sites for hydroxylation is 1. The third kappa shape index (κ3) is 3.49. The summed E-state index contributed by atoms with van der Waals surface area (Å²) in [7, 11) is 0. The van der Waals surface area contributed by atoms with Crippen LogP contribution in [-0.2, 0) is 16.2 Å². The molecule has 0 aliphatic rings. The largest absolute Gasteiger partial charge is 0.368 e. The predicted molar refractivity (Wildman–Crippen MR) is 48.8 cm³/mol. The van der Waals surface area contributed by atoms with Crippen LogP contribution in [0.15, 0.2) is 5.51 Å².